The van der Waals surface area contributed by atoms with E-state index in [0.717, 1.165) is 25.9 Å². The normalized spacial score (nSPS) is 16.8. The first-order valence-corrected chi connectivity index (χ1v) is 7.25. The summed E-state index contributed by atoms with van der Waals surface area (Å²) in [6, 6.07) is 1.16. The molecule has 20 heavy (non-hydrogen) atoms. The van der Waals surface area contributed by atoms with Gasteiger partial charge in [0.2, 0.25) is 5.91 Å². The van der Waals surface area contributed by atoms with Gasteiger partial charge in [0.15, 0.2) is 0 Å². The zero-order valence-electron chi connectivity index (χ0n) is 12.1. The fourth-order valence-electron chi connectivity index (χ4n) is 2.50. The number of likely N-dealkylation sites (tertiary alicyclic amines) is 1. The fourth-order valence-corrected chi connectivity index (χ4v) is 2.50. The van der Waals surface area contributed by atoms with Gasteiger partial charge in [-0.3, -0.25) is 14.3 Å². The summed E-state index contributed by atoms with van der Waals surface area (Å²) >= 11 is 0. The molecule has 0 aromatic carbocycles. The van der Waals surface area contributed by atoms with E-state index in [1.807, 2.05) is 11.8 Å². The van der Waals surface area contributed by atoms with Gasteiger partial charge in [-0.25, -0.2) is 0 Å². The molecule has 0 spiro atoms. The average Bonchev–Trinajstić information content (AvgIpc) is 2.95. The van der Waals surface area contributed by atoms with Crippen LogP contribution in [0.15, 0.2) is 12.3 Å². The van der Waals surface area contributed by atoms with Crippen LogP contribution in [0.3, 0.4) is 0 Å². The number of aryl methyl sites for hydroxylation is 1. The standard InChI is InChI=1S/C14H22N4O2/c1-3-18-12(7-8-15-18)13(19)16-11(2)14(20)17-9-5-4-6-10-17/h7-8,11H,3-6,9-10H2,1-2H3,(H,16,19). The van der Waals surface area contributed by atoms with Crippen molar-refractivity contribution >= 4 is 11.8 Å². The zero-order chi connectivity index (χ0) is 14.5. The van der Waals surface area contributed by atoms with Crippen LogP contribution in [0, 0.1) is 0 Å². The van der Waals surface area contributed by atoms with E-state index in [-0.39, 0.29) is 11.8 Å². The van der Waals surface area contributed by atoms with Crippen LogP contribution in [0.25, 0.3) is 0 Å². The Balaban J connectivity index is 1.95. The summed E-state index contributed by atoms with van der Waals surface area (Å²) in [7, 11) is 0. The van der Waals surface area contributed by atoms with Crippen LogP contribution < -0.4 is 5.32 Å². The van der Waals surface area contributed by atoms with Gasteiger partial charge in [0, 0.05) is 25.8 Å². The van der Waals surface area contributed by atoms with Crippen molar-refractivity contribution in [1.82, 2.24) is 20.0 Å². The van der Waals surface area contributed by atoms with Crippen molar-refractivity contribution in [3.8, 4) is 0 Å². The highest BCUT2D eigenvalue weighted by Gasteiger charge is 2.24. The van der Waals surface area contributed by atoms with E-state index in [2.05, 4.69) is 10.4 Å². The quantitative estimate of drug-likeness (QED) is 0.894. The van der Waals surface area contributed by atoms with Gasteiger partial charge < -0.3 is 10.2 Å². The van der Waals surface area contributed by atoms with Gasteiger partial charge in [0.1, 0.15) is 11.7 Å². The number of amides is 2. The first-order valence-electron chi connectivity index (χ1n) is 7.25. The molecular weight excluding hydrogens is 256 g/mol. The third kappa shape index (κ3) is 3.18. The van der Waals surface area contributed by atoms with E-state index in [4.69, 9.17) is 0 Å². The summed E-state index contributed by atoms with van der Waals surface area (Å²) in [5.74, 6) is -0.247. The van der Waals surface area contributed by atoms with Crippen molar-refractivity contribution in [2.45, 2.75) is 45.7 Å². The molecule has 1 unspecified atom stereocenters. The van der Waals surface area contributed by atoms with Crippen LogP contribution in [-0.4, -0.2) is 45.6 Å². The molecule has 0 radical (unpaired) electrons. The lowest BCUT2D eigenvalue weighted by Crippen LogP contribution is -2.48. The van der Waals surface area contributed by atoms with E-state index in [1.54, 1.807) is 23.9 Å². The molecule has 0 bridgehead atoms. The summed E-state index contributed by atoms with van der Waals surface area (Å²) in [6.45, 7) is 5.88. The van der Waals surface area contributed by atoms with E-state index >= 15 is 0 Å². The minimum absolute atomic E-state index is 0.000568. The topological polar surface area (TPSA) is 67.2 Å². The summed E-state index contributed by atoms with van der Waals surface area (Å²) in [5, 5.41) is 6.82. The molecule has 6 heteroatoms. The van der Waals surface area contributed by atoms with Crippen molar-refractivity contribution in [2.75, 3.05) is 13.1 Å². The summed E-state index contributed by atoms with van der Waals surface area (Å²) < 4.78 is 1.62. The molecular formula is C14H22N4O2. The van der Waals surface area contributed by atoms with Crippen molar-refractivity contribution in [3.05, 3.63) is 18.0 Å². The largest absolute Gasteiger partial charge is 0.341 e. The molecule has 2 amide bonds. The van der Waals surface area contributed by atoms with Crippen molar-refractivity contribution in [1.29, 1.82) is 0 Å². The summed E-state index contributed by atoms with van der Waals surface area (Å²) in [6.07, 6.45) is 4.87. The Bertz CT molecular complexity index is 477. The average molecular weight is 278 g/mol. The molecule has 1 aromatic heterocycles. The number of hydrogen-bond acceptors (Lipinski definition) is 3. The Morgan fingerprint density at radius 1 is 1.35 bits per heavy atom. The van der Waals surface area contributed by atoms with Crippen LogP contribution in [-0.2, 0) is 11.3 Å². The lowest BCUT2D eigenvalue weighted by molar-refractivity contribution is -0.133. The van der Waals surface area contributed by atoms with Crippen molar-refractivity contribution in [2.24, 2.45) is 0 Å². The molecule has 1 N–H and O–H groups in total. The third-order valence-corrected chi connectivity index (χ3v) is 3.63. The number of aromatic nitrogens is 2. The highest BCUT2D eigenvalue weighted by atomic mass is 16.2. The zero-order valence-corrected chi connectivity index (χ0v) is 12.1. The first kappa shape index (κ1) is 14.6. The second-order valence-electron chi connectivity index (χ2n) is 5.11. The second kappa shape index (κ2) is 6.54. The molecule has 1 fully saturated rings. The molecule has 2 heterocycles. The van der Waals surface area contributed by atoms with E-state index in [0.29, 0.717) is 12.2 Å². The Hall–Kier alpha value is -1.85. The maximum atomic E-state index is 12.2. The lowest BCUT2D eigenvalue weighted by atomic mass is 10.1. The van der Waals surface area contributed by atoms with Gasteiger partial charge >= 0.3 is 0 Å². The summed E-state index contributed by atoms with van der Waals surface area (Å²) in [5.41, 5.74) is 0.491. The van der Waals surface area contributed by atoms with Crippen LogP contribution in [0.2, 0.25) is 0 Å². The SMILES string of the molecule is CCn1nccc1C(=O)NC(C)C(=O)N1CCCCC1. The molecule has 1 aromatic rings. The Morgan fingerprint density at radius 2 is 2.05 bits per heavy atom. The number of nitrogens with one attached hydrogen (secondary N) is 1. The van der Waals surface area contributed by atoms with Crippen LogP contribution in [0.1, 0.15) is 43.6 Å². The van der Waals surface area contributed by atoms with E-state index in [9.17, 15) is 9.59 Å². The highest BCUT2D eigenvalue weighted by Crippen LogP contribution is 2.10. The monoisotopic (exact) mass is 278 g/mol. The number of carbonyl (C=O) groups excluding carboxylic acids is 2. The molecule has 110 valence electrons. The number of rotatable bonds is 4. The van der Waals surface area contributed by atoms with Gasteiger partial charge in [-0.15, -0.1) is 0 Å². The molecule has 0 saturated carbocycles. The van der Waals surface area contributed by atoms with Crippen molar-refractivity contribution in [3.63, 3.8) is 0 Å². The van der Waals surface area contributed by atoms with E-state index in [1.165, 1.54) is 6.42 Å². The lowest BCUT2D eigenvalue weighted by Gasteiger charge is -2.29. The number of carbonyl (C=O) groups is 2. The number of hydrogen-bond donors (Lipinski definition) is 1. The molecule has 6 nitrogen and oxygen atoms in total. The maximum Gasteiger partial charge on any atom is 0.270 e. The molecule has 1 aliphatic heterocycles. The minimum Gasteiger partial charge on any atom is -0.341 e. The Labute approximate surface area is 119 Å². The van der Waals surface area contributed by atoms with Gasteiger partial charge in [-0.05, 0) is 39.2 Å². The smallest absolute Gasteiger partial charge is 0.270 e. The minimum atomic E-state index is -0.499. The summed E-state index contributed by atoms with van der Waals surface area (Å²) in [4.78, 5) is 26.2. The van der Waals surface area contributed by atoms with Gasteiger partial charge in [0.25, 0.3) is 5.91 Å². The molecule has 1 aliphatic rings. The molecule has 1 atom stereocenters. The van der Waals surface area contributed by atoms with Crippen LogP contribution in [0.4, 0.5) is 0 Å². The first-order chi connectivity index (χ1) is 9.63. The molecule has 1 saturated heterocycles. The van der Waals surface area contributed by atoms with Crippen molar-refractivity contribution < 1.29 is 9.59 Å². The molecule has 0 aliphatic carbocycles. The fraction of sp³-hybridized carbons (Fsp3) is 0.643. The predicted octanol–water partition coefficient (Wildman–Crippen LogP) is 1.03. The number of piperidine rings is 1. The highest BCUT2D eigenvalue weighted by molar-refractivity contribution is 5.96. The van der Waals surface area contributed by atoms with Gasteiger partial charge in [-0.1, -0.05) is 0 Å². The second-order valence-corrected chi connectivity index (χ2v) is 5.11. The van der Waals surface area contributed by atoms with Gasteiger partial charge in [-0.2, -0.15) is 5.10 Å². The Kier molecular flexibility index (Phi) is 4.76. The third-order valence-electron chi connectivity index (χ3n) is 3.63. The van der Waals surface area contributed by atoms with E-state index < -0.39 is 6.04 Å². The predicted molar refractivity (Wildman–Crippen MR) is 75.3 cm³/mol. The van der Waals surface area contributed by atoms with Crippen LogP contribution >= 0.6 is 0 Å². The van der Waals surface area contributed by atoms with Crippen LogP contribution in [0.5, 0.6) is 0 Å². The molecule has 2 rings (SSSR count). The maximum absolute atomic E-state index is 12.2. The number of nitrogens with zero attached hydrogens (tertiary/aromatic N) is 3. The van der Waals surface area contributed by atoms with Gasteiger partial charge in [0.05, 0.1) is 0 Å². The Morgan fingerprint density at radius 3 is 2.70 bits per heavy atom.